The van der Waals surface area contributed by atoms with Crippen LogP contribution in [0.5, 0.6) is 0 Å². The van der Waals surface area contributed by atoms with Crippen LogP contribution < -0.4 is 0 Å². The molecule has 1 saturated heterocycles. The molecule has 0 aromatic heterocycles. The summed E-state index contributed by atoms with van der Waals surface area (Å²) < 4.78 is 1.06. The predicted molar refractivity (Wildman–Crippen MR) is 41.7 cm³/mol. The van der Waals surface area contributed by atoms with Crippen molar-refractivity contribution >= 4 is 0 Å². The van der Waals surface area contributed by atoms with Crippen molar-refractivity contribution in [1.29, 1.82) is 0 Å². The molecule has 0 spiro atoms. The first-order valence-electron chi connectivity index (χ1n) is 4.18. The van der Waals surface area contributed by atoms with Crippen LogP contribution in [0.25, 0.3) is 0 Å². The van der Waals surface area contributed by atoms with Crippen LogP contribution in [0.4, 0.5) is 0 Å². The zero-order valence-electron chi connectivity index (χ0n) is 7.01. The van der Waals surface area contributed by atoms with Gasteiger partial charge in [0, 0.05) is 0 Å². The number of likely N-dealkylation sites (N-methyl/N-ethyl adjacent to an activating group) is 1. The molecule has 2 unspecified atom stereocenters. The molecular weight excluding hydrogens is 126 g/mol. The quantitative estimate of drug-likeness (QED) is 0.535. The summed E-state index contributed by atoms with van der Waals surface area (Å²) in [5.41, 5.74) is 0. The Morgan fingerprint density at radius 2 is 2.30 bits per heavy atom. The average Bonchev–Trinajstić information content (AvgIpc) is 1.88. The van der Waals surface area contributed by atoms with E-state index in [2.05, 4.69) is 14.0 Å². The van der Waals surface area contributed by atoms with Gasteiger partial charge in [-0.05, 0) is 19.8 Å². The van der Waals surface area contributed by atoms with Gasteiger partial charge in [-0.2, -0.15) is 0 Å². The fraction of sp³-hybridized carbons (Fsp3) is 1.00. The second-order valence-corrected chi connectivity index (χ2v) is 3.64. The highest BCUT2D eigenvalue weighted by molar-refractivity contribution is 4.60. The largest absolute Gasteiger partial charge is 0.387 e. The van der Waals surface area contributed by atoms with Gasteiger partial charge >= 0.3 is 0 Å². The van der Waals surface area contributed by atoms with E-state index in [1.807, 2.05) is 0 Å². The van der Waals surface area contributed by atoms with E-state index in [9.17, 15) is 5.11 Å². The fourth-order valence-electron chi connectivity index (χ4n) is 1.69. The summed E-state index contributed by atoms with van der Waals surface area (Å²) in [6, 6.07) is 0. The first-order valence-corrected chi connectivity index (χ1v) is 4.18. The SMILES string of the molecule is CC[N+]1(C)CCCC(O)C1. The van der Waals surface area contributed by atoms with Gasteiger partial charge in [0.25, 0.3) is 0 Å². The minimum atomic E-state index is -0.0429. The van der Waals surface area contributed by atoms with Crippen LogP contribution in [0.2, 0.25) is 0 Å². The van der Waals surface area contributed by atoms with E-state index >= 15 is 0 Å². The molecule has 2 heteroatoms. The van der Waals surface area contributed by atoms with Crippen molar-refractivity contribution in [3.8, 4) is 0 Å². The van der Waals surface area contributed by atoms with Gasteiger partial charge in [-0.25, -0.2) is 0 Å². The van der Waals surface area contributed by atoms with Crippen molar-refractivity contribution in [2.24, 2.45) is 0 Å². The number of nitrogens with zero attached hydrogens (tertiary/aromatic N) is 1. The molecule has 0 aliphatic carbocycles. The molecule has 0 amide bonds. The Balaban J connectivity index is 2.45. The standard InChI is InChI=1S/C8H18NO/c1-3-9(2)6-4-5-8(10)7-9/h8,10H,3-7H2,1-2H3/q+1. The van der Waals surface area contributed by atoms with Crippen LogP contribution in [0.3, 0.4) is 0 Å². The first-order chi connectivity index (χ1) is 4.66. The molecule has 1 aliphatic rings. The third kappa shape index (κ3) is 1.70. The maximum absolute atomic E-state index is 9.36. The summed E-state index contributed by atoms with van der Waals surface area (Å²) in [6.45, 7) is 5.54. The summed E-state index contributed by atoms with van der Waals surface area (Å²) in [7, 11) is 2.22. The van der Waals surface area contributed by atoms with Crippen LogP contribution in [0.1, 0.15) is 19.8 Å². The molecule has 0 radical (unpaired) electrons. The van der Waals surface area contributed by atoms with Crippen LogP contribution in [-0.4, -0.2) is 42.4 Å². The number of aliphatic hydroxyl groups is 1. The van der Waals surface area contributed by atoms with E-state index in [4.69, 9.17) is 0 Å². The molecule has 0 saturated carbocycles. The Bertz CT molecular complexity index is 116. The average molecular weight is 144 g/mol. The molecule has 1 aliphatic heterocycles. The van der Waals surface area contributed by atoms with Crippen LogP contribution >= 0.6 is 0 Å². The summed E-state index contributed by atoms with van der Waals surface area (Å²) in [5.74, 6) is 0. The number of likely N-dealkylation sites (tertiary alicyclic amines) is 1. The highest BCUT2D eigenvalue weighted by atomic mass is 16.3. The van der Waals surface area contributed by atoms with Gasteiger partial charge in [0.2, 0.25) is 0 Å². The molecule has 0 aromatic rings. The van der Waals surface area contributed by atoms with E-state index in [0.717, 1.165) is 24.0 Å². The Morgan fingerprint density at radius 1 is 1.60 bits per heavy atom. The monoisotopic (exact) mass is 144 g/mol. The van der Waals surface area contributed by atoms with Crippen molar-refractivity contribution in [1.82, 2.24) is 0 Å². The van der Waals surface area contributed by atoms with Crippen LogP contribution in [0.15, 0.2) is 0 Å². The third-order valence-electron chi connectivity index (χ3n) is 2.65. The molecule has 10 heavy (non-hydrogen) atoms. The maximum Gasteiger partial charge on any atom is 0.105 e. The first kappa shape index (κ1) is 8.02. The molecule has 2 nitrogen and oxygen atoms in total. The van der Waals surface area contributed by atoms with Crippen molar-refractivity contribution < 1.29 is 9.59 Å². The fourth-order valence-corrected chi connectivity index (χ4v) is 1.69. The summed E-state index contributed by atoms with van der Waals surface area (Å²) in [6.07, 6.45) is 2.15. The van der Waals surface area contributed by atoms with Gasteiger partial charge in [-0.15, -0.1) is 0 Å². The molecule has 1 rings (SSSR count). The molecule has 60 valence electrons. The Morgan fingerprint density at radius 3 is 2.70 bits per heavy atom. The Hall–Kier alpha value is -0.0800. The number of hydrogen-bond donors (Lipinski definition) is 1. The van der Waals surface area contributed by atoms with Crippen molar-refractivity contribution in [2.75, 3.05) is 26.7 Å². The highest BCUT2D eigenvalue weighted by Gasteiger charge is 2.27. The molecule has 2 atom stereocenters. The van der Waals surface area contributed by atoms with Gasteiger partial charge in [-0.3, -0.25) is 0 Å². The van der Waals surface area contributed by atoms with E-state index in [0.29, 0.717) is 0 Å². The van der Waals surface area contributed by atoms with Gasteiger partial charge < -0.3 is 9.59 Å². The van der Waals surface area contributed by atoms with Gasteiger partial charge in [-0.1, -0.05) is 0 Å². The van der Waals surface area contributed by atoms with Gasteiger partial charge in [0.05, 0.1) is 20.1 Å². The number of quaternary nitrogens is 1. The Labute approximate surface area is 63.1 Å². The minimum absolute atomic E-state index is 0.0429. The maximum atomic E-state index is 9.36. The summed E-state index contributed by atoms with van der Waals surface area (Å²) in [4.78, 5) is 0. The predicted octanol–water partition coefficient (Wildman–Crippen LogP) is 0.608. The van der Waals surface area contributed by atoms with Crippen molar-refractivity contribution in [3.05, 3.63) is 0 Å². The molecule has 1 fully saturated rings. The number of aliphatic hydroxyl groups excluding tert-OH is 1. The Kier molecular flexibility index (Phi) is 2.32. The van der Waals surface area contributed by atoms with E-state index in [1.54, 1.807) is 0 Å². The number of rotatable bonds is 1. The van der Waals surface area contributed by atoms with E-state index in [1.165, 1.54) is 13.0 Å². The molecule has 0 aromatic carbocycles. The zero-order valence-corrected chi connectivity index (χ0v) is 7.01. The topological polar surface area (TPSA) is 20.2 Å². The second kappa shape index (κ2) is 2.89. The van der Waals surface area contributed by atoms with Crippen molar-refractivity contribution in [3.63, 3.8) is 0 Å². The van der Waals surface area contributed by atoms with Crippen molar-refractivity contribution in [2.45, 2.75) is 25.9 Å². The van der Waals surface area contributed by atoms with Gasteiger partial charge in [0.15, 0.2) is 0 Å². The lowest BCUT2D eigenvalue weighted by atomic mass is 10.1. The highest BCUT2D eigenvalue weighted by Crippen LogP contribution is 2.15. The molecule has 0 bridgehead atoms. The van der Waals surface area contributed by atoms with Crippen LogP contribution in [-0.2, 0) is 0 Å². The van der Waals surface area contributed by atoms with E-state index < -0.39 is 0 Å². The molecular formula is C8H18NO+. The lowest BCUT2D eigenvalue weighted by Gasteiger charge is -2.38. The smallest absolute Gasteiger partial charge is 0.105 e. The zero-order chi connectivity index (χ0) is 7.61. The second-order valence-electron chi connectivity index (χ2n) is 3.64. The lowest BCUT2D eigenvalue weighted by Crippen LogP contribution is -2.52. The summed E-state index contributed by atoms with van der Waals surface area (Å²) >= 11 is 0. The normalized spacial score (nSPS) is 41.7. The summed E-state index contributed by atoms with van der Waals surface area (Å²) in [5, 5.41) is 9.36. The minimum Gasteiger partial charge on any atom is -0.387 e. The molecule has 1 N–H and O–H groups in total. The lowest BCUT2D eigenvalue weighted by molar-refractivity contribution is -0.915. The third-order valence-corrected chi connectivity index (χ3v) is 2.65. The van der Waals surface area contributed by atoms with E-state index in [-0.39, 0.29) is 6.10 Å². The van der Waals surface area contributed by atoms with Gasteiger partial charge in [0.1, 0.15) is 12.6 Å². The molecule has 1 heterocycles. The number of hydrogen-bond acceptors (Lipinski definition) is 1. The number of piperidine rings is 1. The van der Waals surface area contributed by atoms with Crippen LogP contribution in [0, 0.1) is 0 Å².